The molecule has 0 bridgehead atoms. The van der Waals surface area contributed by atoms with Crippen molar-refractivity contribution in [3.63, 3.8) is 0 Å². The van der Waals surface area contributed by atoms with Crippen LogP contribution < -0.4 is 11.1 Å². The lowest BCUT2D eigenvalue weighted by atomic mass is 9.99. The van der Waals surface area contributed by atoms with Gasteiger partial charge in [-0.3, -0.25) is 4.90 Å². The summed E-state index contributed by atoms with van der Waals surface area (Å²) in [6.45, 7) is 1.25. The number of primary amides is 1. The lowest BCUT2D eigenvalue weighted by molar-refractivity contribution is -0.118. The van der Waals surface area contributed by atoms with Crippen LogP contribution >= 0.6 is 11.6 Å². The molecular weight excluding hydrogens is 317 g/mol. The number of carbonyl (C=O) groups excluding carboxylic acids is 1. The Balaban J connectivity index is 3.00. The molecule has 1 aliphatic rings. The smallest absolute Gasteiger partial charge is 0.321 e. The summed E-state index contributed by atoms with van der Waals surface area (Å²) < 4.78 is 19.6. The summed E-state index contributed by atoms with van der Waals surface area (Å²) in [5.74, 6) is -0.327. The predicted molar refractivity (Wildman–Crippen MR) is 80.0 cm³/mol. The number of likely N-dealkylation sites (N-methyl/N-ethyl adjacent to an activating group) is 1. The molecule has 0 saturated carbocycles. The Hall–Kier alpha value is -0.930. The Kier molecular flexibility index (Phi) is 7.01. The number of hydrogen-bond acceptors (Lipinski definition) is 5. The molecule has 5 atom stereocenters. The van der Waals surface area contributed by atoms with E-state index in [1.807, 2.05) is 6.92 Å². The zero-order valence-corrected chi connectivity index (χ0v) is 13.3. The lowest BCUT2D eigenvalue weighted by Gasteiger charge is -2.29. The van der Waals surface area contributed by atoms with Gasteiger partial charge in [-0.2, -0.15) is 0 Å². The van der Waals surface area contributed by atoms with Crippen LogP contribution in [0.5, 0.6) is 0 Å². The average Bonchev–Trinajstić information content (AvgIpc) is 2.76. The van der Waals surface area contributed by atoms with Gasteiger partial charge in [-0.15, -0.1) is 11.6 Å². The number of urea groups is 1. The predicted octanol–water partition coefficient (Wildman–Crippen LogP) is -0.0960. The third-order valence-corrected chi connectivity index (χ3v) is 4.23. The maximum atomic E-state index is 14.3. The monoisotopic (exact) mass is 339 g/mol. The number of halogens is 2. The molecule has 0 aromatic heterocycles. The zero-order valence-electron chi connectivity index (χ0n) is 12.6. The van der Waals surface area contributed by atoms with Gasteiger partial charge >= 0.3 is 6.03 Å². The van der Waals surface area contributed by atoms with Crippen molar-refractivity contribution in [2.75, 3.05) is 19.5 Å². The van der Waals surface area contributed by atoms with Crippen molar-refractivity contribution in [1.82, 2.24) is 10.2 Å². The van der Waals surface area contributed by atoms with Crippen molar-refractivity contribution in [3.8, 4) is 0 Å². The maximum absolute atomic E-state index is 14.3. The summed E-state index contributed by atoms with van der Waals surface area (Å²) in [6, 6.07) is -0.979. The largest absolute Gasteiger partial charge is 0.393 e. The molecular formula is C13H23ClFN3O4. The van der Waals surface area contributed by atoms with E-state index in [0.717, 1.165) is 11.3 Å². The van der Waals surface area contributed by atoms with Gasteiger partial charge in [0.25, 0.3) is 0 Å². The van der Waals surface area contributed by atoms with Gasteiger partial charge in [-0.1, -0.05) is 13.0 Å². The number of ether oxygens (including phenoxy) is 1. The summed E-state index contributed by atoms with van der Waals surface area (Å²) in [6.07, 6.45) is -1.39. The molecule has 0 radical (unpaired) electrons. The van der Waals surface area contributed by atoms with Crippen LogP contribution in [-0.2, 0) is 4.74 Å². The first-order valence-electron chi connectivity index (χ1n) is 6.97. The molecule has 5 N–H and O–H groups in total. The highest BCUT2D eigenvalue weighted by Crippen LogP contribution is 2.35. The minimum Gasteiger partial charge on any atom is -0.393 e. The van der Waals surface area contributed by atoms with Gasteiger partial charge < -0.3 is 26.0 Å². The van der Waals surface area contributed by atoms with Crippen molar-refractivity contribution in [2.24, 2.45) is 5.73 Å². The first kappa shape index (κ1) is 19.1. The number of rotatable bonds is 7. The van der Waals surface area contributed by atoms with Crippen molar-refractivity contribution >= 4 is 17.6 Å². The van der Waals surface area contributed by atoms with E-state index < -0.39 is 36.7 Å². The van der Waals surface area contributed by atoms with E-state index in [-0.39, 0.29) is 11.9 Å². The van der Waals surface area contributed by atoms with E-state index in [1.54, 1.807) is 13.1 Å². The summed E-state index contributed by atoms with van der Waals surface area (Å²) in [7, 11) is 1.74. The van der Waals surface area contributed by atoms with Crippen LogP contribution in [0.15, 0.2) is 12.3 Å². The molecule has 7 nitrogen and oxygen atoms in total. The number of carbonyl (C=O) groups is 1. The summed E-state index contributed by atoms with van der Waals surface area (Å²) in [5, 5.41) is 22.2. The second-order valence-electron chi connectivity index (χ2n) is 5.14. The normalized spacial score (nSPS) is 33.3. The van der Waals surface area contributed by atoms with Gasteiger partial charge in [0.05, 0.1) is 12.5 Å². The molecule has 128 valence electrons. The van der Waals surface area contributed by atoms with Crippen LogP contribution in [0, 0.1) is 0 Å². The summed E-state index contributed by atoms with van der Waals surface area (Å²) in [5.41, 5.74) is 3.59. The van der Waals surface area contributed by atoms with Crippen LogP contribution in [0.4, 0.5) is 9.18 Å². The first-order chi connectivity index (χ1) is 10.4. The molecule has 22 heavy (non-hydrogen) atoms. The molecule has 9 heteroatoms. The van der Waals surface area contributed by atoms with Gasteiger partial charge in [0.1, 0.15) is 11.7 Å². The second kappa shape index (κ2) is 8.07. The Bertz CT molecular complexity index is 405. The van der Waals surface area contributed by atoms with Gasteiger partial charge in [0, 0.05) is 12.2 Å². The molecule has 0 aliphatic carbocycles. The molecule has 1 heterocycles. The molecule has 1 rings (SSSR count). The minimum absolute atomic E-state index is 0.0399. The van der Waals surface area contributed by atoms with E-state index >= 15 is 0 Å². The van der Waals surface area contributed by atoms with Crippen molar-refractivity contribution < 1.29 is 24.1 Å². The van der Waals surface area contributed by atoms with Crippen LogP contribution in [-0.4, -0.2) is 70.8 Å². The number of nitrogens with zero attached hydrogens (tertiary/aromatic N) is 1. The number of nitrogens with one attached hydrogen (secondary N) is 1. The van der Waals surface area contributed by atoms with E-state index in [4.69, 9.17) is 22.1 Å². The quantitative estimate of drug-likeness (QED) is 0.485. The van der Waals surface area contributed by atoms with Crippen LogP contribution in [0.2, 0.25) is 0 Å². The molecule has 1 saturated heterocycles. The van der Waals surface area contributed by atoms with E-state index in [0.29, 0.717) is 0 Å². The Morgan fingerprint density at radius 3 is 2.68 bits per heavy atom. The number of nitrogens with two attached hydrogens (primary N) is 1. The minimum atomic E-state index is -1.95. The SMILES string of the molecule is CCC(/C=C\N(C(N)=O)[C@@H]1O[C@@](CO)(CCl)[C@@H](O)[C@H]1F)NC. The Morgan fingerprint density at radius 2 is 2.32 bits per heavy atom. The van der Waals surface area contributed by atoms with Crippen molar-refractivity contribution in [1.29, 1.82) is 0 Å². The lowest BCUT2D eigenvalue weighted by Crippen LogP contribution is -2.47. The van der Waals surface area contributed by atoms with Gasteiger partial charge in [-0.25, -0.2) is 9.18 Å². The number of aliphatic hydroxyl groups is 2. The standard InChI is InChI=1S/C13H23ClFN3O4/c1-3-8(17-2)4-5-18(12(16)21)11-9(15)10(20)13(6-14,7-19)22-11/h4-5,8-11,17,19-20H,3,6-7H2,1-2H3,(H2,16,21)/b5-4-/t8?,9-,10+,11-,13-/m1/s1. The fraction of sp³-hybridized carbons (Fsp3) is 0.769. The Labute approximate surface area is 133 Å². The van der Waals surface area contributed by atoms with E-state index in [9.17, 15) is 19.4 Å². The fourth-order valence-corrected chi connectivity index (χ4v) is 2.54. The molecule has 0 aromatic rings. The molecule has 0 spiro atoms. The zero-order chi connectivity index (χ0) is 16.9. The second-order valence-corrected chi connectivity index (χ2v) is 5.41. The highest BCUT2D eigenvalue weighted by molar-refractivity contribution is 6.18. The number of alkyl halides is 2. The van der Waals surface area contributed by atoms with Crippen molar-refractivity contribution in [2.45, 2.75) is 43.5 Å². The molecule has 2 amide bonds. The van der Waals surface area contributed by atoms with Crippen LogP contribution in [0.25, 0.3) is 0 Å². The van der Waals surface area contributed by atoms with Gasteiger partial charge in [0.15, 0.2) is 12.4 Å². The van der Waals surface area contributed by atoms with Crippen LogP contribution in [0.3, 0.4) is 0 Å². The topological polar surface area (TPSA) is 108 Å². The van der Waals surface area contributed by atoms with Gasteiger partial charge in [0.2, 0.25) is 0 Å². The van der Waals surface area contributed by atoms with Crippen molar-refractivity contribution in [3.05, 3.63) is 12.3 Å². The third kappa shape index (κ3) is 3.69. The third-order valence-electron chi connectivity index (χ3n) is 3.78. The fourth-order valence-electron chi connectivity index (χ4n) is 2.23. The molecule has 1 fully saturated rings. The van der Waals surface area contributed by atoms with Gasteiger partial charge in [-0.05, 0) is 13.5 Å². The number of aliphatic hydroxyl groups excluding tert-OH is 2. The Morgan fingerprint density at radius 1 is 1.68 bits per heavy atom. The highest BCUT2D eigenvalue weighted by Gasteiger charge is 2.56. The first-order valence-corrected chi connectivity index (χ1v) is 7.50. The van der Waals surface area contributed by atoms with E-state index in [2.05, 4.69) is 5.32 Å². The maximum Gasteiger partial charge on any atom is 0.321 e. The molecule has 1 aliphatic heterocycles. The summed E-state index contributed by atoms with van der Waals surface area (Å²) in [4.78, 5) is 12.4. The number of hydrogen-bond donors (Lipinski definition) is 4. The molecule has 0 aromatic carbocycles. The molecule has 1 unspecified atom stereocenters. The van der Waals surface area contributed by atoms with Crippen LogP contribution in [0.1, 0.15) is 13.3 Å². The number of amides is 2. The highest BCUT2D eigenvalue weighted by atomic mass is 35.5. The summed E-state index contributed by atoms with van der Waals surface area (Å²) >= 11 is 5.67. The van der Waals surface area contributed by atoms with E-state index in [1.165, 1.54) is 6.20 Å². The average molecular weight is 340 g/mol.